The van der Waals surface area contributed by atoms with Gasteiger partial charge in [-0.05, 0) is 30.2 Å². The Morgan fingerprint density at radius 2 is 2.33 bits per heavy atom. The summed E-state index contributed by atoms with van der Waals surface area (Å²) in [5.41, 5.74) is 1.02. The number of carbonyl (C=O) groups is 1. The number of hydrogen-bond acceptors (Lipinski definition) is 2. The predicted molar refractivity (Wildman–Crippen MR) is 53.1 cm³/mol. The van der Waals surface area contributed by atoms with Gasteiger partial charge in [-0.15, -0.1) is 0 Å². The van der Waals surface area contributed by atoms with Crippen LogP contribution in [0.25, 0.3) is 6.08 Å². The van der Waals surface area contributed by atoms with Crippen molar-refractivity contribution in [2.45, 2.75) is 6.42 Å². The van der Waals surface area contributed by atoms with E-state index in [-0.39, 0.29) is 5.69 Å². The van der Waals surface area contributed by atoms with Gasteiger partial charge in [-0.2, -0.15) is 0 Å². The average Bonchev–Trinajstić information content (AvgIpc) is 2.37. The predicted octanol–water partition coefficient (Wildman–Crippen LogP) is 2.20. The number of carboxylic acids is 1. The number of pyridine rings is 1. The number of aromatic carboxylic acids is 1. The molecule has 1 aliphatic rings. The summed E-state index contributed by atoms with van der Waals surface area (Å²) in [4.78, 5) is 14.6. The maximum Gasteiger partial charge on any atom is 0.355 e. The second kappa shape index (κ2) is 3.65. The quantitative estimate of drug-likeness (QED) is 0.764. The second-order valence-corrected chi connectivity index (χ2v) is 3.17. The van der Waals surface area contributed by atoms with Gasteiger partial charge in [0.2, 0.25) is 0 Å². The number of carboxylic acid groups (broad SMARTS) is 1. The molecule has 1 heterocycles. The van der Waals surface area contributed by atoms with E-state index in [4.69, 9.17) is 5.11 Å². The number of nitrogens with zero attached hydrogens (tertiary/aromatic N) is 1. The summed E-state index contributed by atoms with van der Waals surface area (Å²) in [6.07, 6.45) is 6.12. The molecular formula is C11H8FNO2. The first-order valence-electron chi connectivity index (χ1n) is 4.43. The summed E-state index contributed by atoms with van der Waals surface area (Å²) in [6, 6.07) is 1.70. The van der Waals surface area contributed by atoms with Crippen molar-refractivity contribution in [1.29, 1.82) is 0 Å². The summed E-state index contributed by atoms with van der Waals surface area (Å²) in [5, 5.41) is 8.88. The molecule has 76 valence electrons. The lowest BCUT2D eigenvalue weighted by Gasteiger charge is -2.04. The molecule has 1 aliphatic carbocycles. The Morgan fingerprint density at radius 1 is 1.53 bits per heavy atom. The van der Waals surface area contributed by atoms with E-state index in [0.717, 1.165) is 5.56 Å². The van der Waals surface area contributed by atoms with Gasteiger partial charge < -0.3 is 5.11 Å². The van der Waals surface area contributed by atoms with Gasteiger partial charge in [-0.1, -0.05) is 6.08 Å². The summed E-state index contributed by atoms with van der Waals surface area (Å²) >= 11 is 0. The van der Waals surface area contributed by atoms with Gasteiger partial charge in [0, 0.05) is 11.8 Å². The molecule has 0 saturated carbocycles. The Morgan fingerprint density at radius 3 is 3.07 bits per heavy atom. The number of hydrogen-bond donors (Lipinski definition) is 1. The van der Waals surface area contributed by atoms with Crippen LogP contribution in [0.5, 0.6) is 0 Å². The fourth-order valence-electron chi connectivity index (χ4n) is 1.51. The van der Waals surface area contributed by atoms with E-state index in [1.807, 2.05) is 0 Å². The van der Waals surface area contributed by atoms with Crippen molar-refractivity contribution in [2.24, 2.45) is 0 Å². The van der Waals surface area contributed by atoms with Crippen molar-refractivity contribution in [1.82, 2.24) is 4.98 Å². The highest BCUT2D eigenvalue weighted by atomic mass is 19.1. The summed E-state index contributed by atoms with van der Waals surface area (Å²) in [6.45, 7) is 0. The van der Waals surface area contributed by atoms with Crippen molar-refractivity contribution < 1.29 is 14.3 Å². The lowest BCUT2D eigenvalue weighted by atomic mass is 10.0. The highest BCUT2D eigenvalue weighted by molar-refractivity contribution is 5.91. The van der Waals surface area contributed by atoms with Gasteiger partial charge in [0.05, 0.1) is 0 Å². The molecule has 0 amide bonds. The van der Waals surface area contributed by atoms with Gasteiger partial charge in [-0.3, -0.25) is 0 Å². The highest BCUT2D eigenvalue weighted by Gasteiger charge is 2.15. The van der Waals surface area contributed by atoms with Crippen molar-refractivity contribution >= 4 is 12.0 Å². The van der Waals surface area contributed by atoms with Crippen LogP contribution < -0.4 is 0 Å². The Labute approximate surface area is 85.6 Å². The number of halogens is 1. The normalized spacial score (nSPS) is 14.1. The summed E-state index contributed by atoms with van der Waals surface area (Å²) in [7, 11) is 0. The van der Waals surface area contributed by atoms with Crippen molar-refractivity contribution in [3.8, 4) is 0 Å². The zero-order chi connectivity index (χ0) is 10.8. The van der Waals surface area contributed by atoms with Gasteiger partial charge in [0.25, 0.3) is 0 Å². The fraction of sp³-hybridized carbons (Fsp3) is 0.0909. The third-order valence-corrected chi connectivity index (χ3v) is 2.18. The molecule has 0 unspecified atom stereocenters. The fourth-order valence-corrected chi connectivity index (χ4v) is 1.51. The number of rotatable bonds is 1. The molecule has 3 nitrogen and oxygen atoms in total. The monoisotopic (exact) mass is 205 g/mol. The first kappa shape index (κ1) is 9.58. The molecule has 2 rings (SSSR count). The molecule has 1 N–H and O–H groups in total. The molecule has 1 aromatic rings. The minimum Gasteiger partial charge on any atom is -0.476 e. The molecule has 0 aliphatic heterocycles. The number of aromatic nitrogens is 1. The Bertz CT molecular complexity index is 477. The summed E-state index contributed by atoms with van der Waals surface area (Å²) < 4.78 is 13.1. The molecule has 0 atom stereocenters. The molecule has 4 heteroatoms. The first-order valence-corrected chi connectivity index (χ1v) is 4.43. The Balaban J connectivity index is 2.65. The molecule has 1 aromatic heterocycles. The maximum atomic E-state index is 13.1. The van der Waals surface area contributed by atoms with E-state index in [0.29, 0.717) is 12.0 Å². The SMILES string of the molecule is O=C(O)c1nccc2c1C=C(F)C=CC2. The molecule has 0 aromatic carbocycles. The highest BCUT2D eigenvalue weighted by Crippen LogP contribution is 2.21. The van der Waals surface area contributed by atoms with Crippen LogP contribution in [0.15, 0.2) is 30.2 Å². The van der Waals surface area contributed by atoms with Crippen molar-refractivity contribution in [3.05, 3.63) is 47.1 Å². The van der Waals surface area contributed by atoms with Crippen molar-refractivity contribution in [2.75, 3.05) is 0 Å². The van der Waals surface area contributed by atoms with Crippen LogP contribution in [-0.4, -0.2) is 16.1 Å². The zero-order valence-electron chi connectivity index (χ0n) is 7.77. The Kier molecular flexibility index (Phi) is 2.33. The van der Waals surface area contributed by atoms with Crippen molar-refractivity contribution in [3.63, 3.8) is 0 Å². The minimum absolute atomic E-state index is 0.105. The number of allylic oxidation sites excluding steroid dienone is 3. The smallest absolute Gasteiger partial charge is 0.355 e. The van der Waals surface area contributed by atoms with Crippen LogP contribution in [0.4, 0.5) is 4.39 Å². The minimum atomic E-state index is -1.14. The molecule has 0 saturated heterocycles. The zero-order valence-corrected chi connectivity index (χ0v) is 7.77. The van der Waals surface area contributed by atoms with Crippen LogP contribution in [0.2, 0.25) is 0 Å². The van der Waals surface area contributed by atoms with E-state index in [1.165, 1.54) is 18.3 Å². The van der Waals surface area contributed by atoms with E-state index < -0.39 is 11.8 Å². The van der Waals surface area contributed by atoms with Crippen LogP contribution in [0.3, 0.4) is 0 Å². The number of fused-ring (bicyclic) bond motifs is 1. The topological polar surface area (TPSA) is 50.2 Å². The van der Waals surface area contributed by atoms with Crippen LogP contribution in [0.1, 0.15) is 21.6 Å². The largest absolute Gasteiger partial charge is 0.476 e. The molecule has 0 radical (unpaired) electrons. The summed E-state index contributed by atoms with van der Waals surface area (Å²) in [5.74, 6) is -1.60. The molecule has 0 spiro atoms. The second-order valence-electron chi connectivity index (χ2n) is 3.17. The third kappa shape index (κ3) is 1.79. The molecule has 0 bridgehead atoms. The third-order valence-electron chi connectivity index (χ3n) is 2.18. The van der Waals surface area contributed by atoms with E-state index in [9.17, 15) is 9.18 Å². The Hall–Kier alpha value is -1.97. The lowest BCUT2D eigenvalue weighted by Crippen LogP contribution is -2.05. The van der Waals surface area contributed by atoms with Crippen LogP contribution in [-0.2, 0) is 6.42 Å². The van der Waals surface area contributed by atoms with Gasteiger partial charge >= 0.3 is 5.97 Å². The van der Waals surface area contributed by atoms with Gasteiger partial charge in [0.15, 0.2) is 5.69 Å². The van der Waals surface area contributed by atoms with E-state index in [2.05, 4.69) is 4.98 Å². The first-order chi connectivity index (χ1) is 7.18. The molecule has 0 fully saturated rings. The molecule has 15 heavy (non-hydrogen) atoms. The van der Waals surface area contributed by atoms with Gasteiger partial charge in [0.1, 0.15) is 5.83 Å². The van der Waals surface area contributed by atoms with Gasteiger partial charge in [-0.25, -0.2) is 14.2 Å². The van der Waals surface area contributed by atoms with E-state index >= 15 is 0 Å². The van der Waals surface area contributed by atoms with Crippen LogP contribution >= 0.6 is 0 Å². The standard InChI is InChI=1S/C11H8FNO2/c12-8-3-1-2-7-4-5-13-10(11(14)15)9(7)6-8/h1,3-6H,2H2,(H,14,15). The molecular weight excluding hydrogens is 197 g/mol. The lowest BCUT2D eigenvalue weighted by molar-refractivity contribution is 0.0690. The average molecular weight is 205 g/mol. The maximum absolute atomic E-state index is 13.1. The van der Waals surface area contributed by atoms with E-state index in [1.54, 1.807) is 12.1 Å². The van der Waals surface area contributed by atoms with Crippen LogP contribution in [0, 0.1) is 0 Å².